The van der Waals surface area contributed by atoms with Crippen molar-refractivity contribution in [1.29, 1.82) is 0 Å². The van der Waals surface area contributed by atoms with Crippen molar-refractivity contribution < 1.29 is 4.42 Å². The second kappa shape index (κ2) is 9.22. The van der Waals surface area contributed by atoms with Gasteiger partial charge in [0.2, 0.25) is 0 Å². The van der Waals surface area contributed by atoms with E-state index in [-0.39, 0.29) is 0 Å². The zero-order chi connectivity index (χ0) is 29.5. The van der Waals surface area contributed by atoms with Crippen molar-refractivity contribution in [3.8, 4) is 22.6 Å². The minimum absolute atomic E-state index is 0.707. The fourth-order valence-electron chi connectivity index (χ4n) is 7.16. The molecule has 0 saturated heterocycles. The smallest absolute Gasteiger partial charge is 0.160 e. The summed E-state index contributed by atoms with van der Waals surface area (Å²) in [6.07, 6.45) is 0. The molecule has 0 fully saturated rings. The van der Waals surface area contributed by atoms with E-state index in [0.717, 1.165) is 49.7 Å². The summed E-state index contributed by atoms with van der Waals surface area (Å²) in [7, 11) is 0. The van der Waals surface area contributed by atoms with Crippen molar-refractivity contribution in [2.24, 2.45) is 0 Å². The summed E-state index contributed by atoms with van der Waals surface area (Å²) in [6.45, 7) is 0. The topological polar surface area (TPSA) is 38.9 Å². The molecule has 3 nitrogen and oxygen atoms in total. The zero-order valence-corrected chi connectivity index (χ0v) is 24.2. The first-order chi connectivity index (χ1) is 22.3. The molecule has 0 N–H and O–H groups in total. The van der Waals surface area contributed by atoms with Gasteiger partial charge in [0.15, 0.2) is 5.82 Å². The van der Waals surface area contributed by atoms with E-state index in [0.29, 0.717) is 5.82 Å². The molecule has 0 spiro atoms. The van der Waals surface area contributed by atoms with Crippen molar-refractivity contribution >= 4 is 75.9 Å². The van der Waals surface area contributed by atoms with Crippen LogP contribution in [-0.2, 0) is 0 Å². The Morgan fingerprint density at radius 1 is 0.400 bits per heavy atom. The maximum absolute atomic E-state index is 6.25. The van der Waals surface area contributed by atoms with Gasteiger partial charge in [0, 0.05) is 27.3 Å². The van der Waals surface area contributed by atoms with Crippen molar-refractivity contribution in [2.45, 2.75) is 0 Å². The molecule has 0 aliphatic rings. The number of nitrogens with zero attached hydrogens (tertiary/aromatic N) is 2. The van der Waals surface area contributed by atoms with Gasteiger partial charge in [-0.3, -0.25) is 0 Å². The van der Waals surface area contributed by atoms with Crippen LogP contribution < -0.4 is 0 Å². The largest absolute Gasteiger partial charge is 0.456 e. The van der Waals surface area contributed by atoms with E-state index in [9.17, 15) is 0 Å². The van der Waals surface area contributed by atoms with Crippen LogP contribution in [0.25, 0.3) is 98.6 Å². The molecule has 208 valence electrons. The normalized spacial score (nSPS) is 12.0. The van der Waals surface area contributed by atoms with Gasteiger partial charge in [-0.05, 0) is 67.4 Å². The Balaban J connectivity index is 1.26. The van der Waals surface area contributed by atoms with Gasteiger partial charge < -0.3 is 4.42 Å². The summed E-state index contributed by atoms with van der Waals surface area (Å²) in [5, 5.41) is 13.1. The maximum atomic E-state index is 6.25. The quantitative estimate of drug-likeness (QED) is 0.193. The molecule has 10 aromatic rings. The lowest BCUT2D eigenvalue weighted by molar-refractivity contribution is 0.669. The molecule has 0 amide bonds. The number of aromatic nitrogens is 2. The van der Waals surface area contributed by atoms with E-state index in [4.69, 9.17) is 14.4 Å². The van der Waals surface area contributed by atoms with Gasteiger partial charge in [0.05, 0.1) is 11.2 Å². The van der Waals surface area contributed by atoms with Crippen molar-refractivity contribution in [3.05, 3.63) is 146 Å². The Morgan fingerprint density at radius 2 is 1.09 bits per heavy atom. The predicted molar refractivity (Wildman–Crippen MR) is 188 cm³/mol. The van der Waals surface area contributed by atoms with E-state index in [2.05, 4.69) is 115 Å². The number of para-hydroxylation sites is 2. The summed E-state index contributed by atoms with van der Waals surface area (Å²) in [5.74, 6) is 0.707. The number of benzene rings is 8. The van der Waals surface area contributed by atoms with Crippen molar-refractivity contribution in [2.75, 3.05) is 0 Å². The molecule has 3 heteroatoms. The van der Waals surface area contributed by atoms with E-state index >= 15 is 0 Å². The van der Waals surface area contributed by atoms with Gasteiger partial charge in [0.25, 0.3) is 0 Å². The van der Waals surface area contributed by atoms with Crippen LogP contribution in [0.2, 0.25) is 0 Å². The Bertz CT molecular complexity index is 2830. The average Bonchev–Trinajstić information content (AvgIpc) is 3.49. The van der Waals surface area contributed by atoms with Crippen LogP contribution in [0.4, 0.5) is 0 Å². The SMILES string of the molecule is c1ccc2c(c1)ccc1c2ccc2ccc3ccc(-c4nc(-c5cccc6oc7ccccc7c56)c5ccccc5n4)cc3c21. The molecule has 0 saturated carbocycles. The lowest BCUT2D eigenvalue weighted by Crippen LogP contribution is -1.95. The predicted octanol–water partition coefficient (Wildman–Crippen LogP) is 11.5. The molecule has 10 rings (SSSR count). The third-order valence-electron chi connectivity index (χ3n) is 9.24. The minimum atomic E-state index is 0.707. The molecule has 45 heavy (non-hydrogen) atoms. The van der Waals surface area contributed by atoms with Crippen LogP contribution in [0.5, 0.6) is 0 Å². The zero-order valence-electron chi connectivity index (χ0n) is 24.2. The first-order valence-corrected chi connectivity index (χ1v) is 15.2. The second-order valence-electron chi connectivity index (χ2n) is 11.7. The highest BCUT2D eigenvalue weighted by atomic mass is 16.3. The van der Waals surface area contributed by atoms with Crippen LogP contribution in [0.1, 0.15) is 0 Å². The fourth-order valence-corrected chi connectivity index (χ4v) is 7.16. The summed E-state index contributed by atoms with van der Waals surface area (Å²) in [4.78, 5) is 10.4. The highest BCUT2D eigenvalue weighted by molar-refractivity contribution is 6.25. The summed E-state index contributed by atoms with van der Waals surface area (Å²) in [6, 6.07) is 51.4. The third-order valence-corrected chi connectivity index (χ3v) is 9.24. The van der Waals surface area contributed by atoms with Crippen LogP contribution >= 0.6 is 0 Å². The fraction of sp³-hybridized carbons (Fsp3) is 0. The van der Waals surface area contributed by atoms with Crippen LogP contribution in [-0.4, -0.2) is 9.97 Å². The number of furan rings is 1. The first-order valence-electron chi connectivity index (χ1n) is 15.2. The monoisotopic (exact) mass is 572 g/mol. The molecule has 0 unspecified atom stereocenters. The Kier molecular flexibility index (Phi) is 5.00. The molecule has 0 bridgehead atoms. The van der Waals surface area contributed by atoms with E-state index in [1.54, 1.807) is 0 Å². The molecule has 0 radical (unpaired) electrons. The number of hydrogen-bond acceptors (Lipinski definition) is 3. The Hall–Kier alpha value is -6.06. The first kappa shape index (κ1) is 24.4. The molecular formula is C42H24N2O. The number of hydrogen-bond donors (Lipinski definition) is 0. The van der Waals surface area contributed by atoms with Gasteiger partial charge in [-0.2, -0.15) is 0 Å². The van der Waals surface area contributed by atoms with Gasteiger partial charge in [0.1, 0.15) is 11.2 Å². The van der Waals surface area contributed by atoms with Gasteiger partial charge in [-0.25, -0.2) is 9.97 Å². The maximum Gasteiger partial charge on any atom is 0.160 e. The van der Waals surface area contributed by atoms with E-state index < -0.39 is 0 Å². The van der Waals surface area contributed by atoms with E-state index in [1.807, 2.05) is 30.3 Å². The highest BCUT2D eigenvalue weighted by Gasteiger charge is 2.18. The lowest BCUT2D eigenvalue weighted by atomic mass is 9.93. The van der Waals surface area contributed by atoms with Crippen LogP contribution in [0.15, 0.2) is 150 Å². The molecule has 8 aromatic carbocycles. The number of fused-ring (bicyclic) bond motifs is 11. The Labute approximate surface area is 258 Å². The van der Waals surface area contributed by atoms with Crippen molar-refractivity contribution in [3.63, 3.8) is 0 Å². The van der Waals surface area contributed by atoms with Gasteiger partial charge >= 0.3 is 0 Å². The molecule has 2 heterocycles. The highest BCUT2D eigenvalue weighted by Crippen LogP contribution is 2.40. The Morgan fingerprint density at radius 3 is 2.04 bits per heavy atom. The third kappa shape index (κ3) is 3.58. The average molecular weight is 573 g/mol. The molecular weight excluding hydrogens is 548 g/mol. The van der Waals surface area contributed by atoms with Crippen molar-refractivity contribution in [1.82, 2.24) is 9.97 Å². The summed E-state index contributed by atoms with van der Waals surface area (Å²) >= 11 is 0. The lowest BCUT2D eigenvalue weighted by Gasteiger charge is -2.13. The molecule has 0 atom stereocenters. The van der Waals surface area contributed by atoms with Crippen LogP contribution in [0.3, 0.4) is 0 Å². The van der Waals surface area contributed by atoms with Gasteiger partial charge in [-0.15, -0.1) is 0 Å². The summed E-state index contributed by atoms with van der Waals surface area (Å²) < 4.78 is 6.25. The molecule has 0 aliphatic carbocycles. The number of rotatable bonds is 2. The minimum Gasteiger partial charge on any atom is -0.456 e. The standard InChI is InChI=1S/C42H24N2O/c1-2-9-29-25(8-1)20-23-31-30(29)22-21-27-18-16-26-17-19-28(24-35(26)39(27)31)42-43-36-13-5-3-10-32(36)41(44-42)34-12-7-15-38-40(34)33-11-4-6-14-37(33)45-38/h1-24H. The van der Waals surface area contributed by atoms with E-state index in [1.165, 1.54) is 43.1 Å². The summed E-state index contributed by atoms with van der Waals surface area (Å²) in [5.41, 5.74) is 5.58. The molecule has 2 aromatic heterocycles. The van der Waals surface area contributed by atoms with Crippen LogP contribution in [0, 0.1) is 0 Å². The van der Waals surface area contributed by atoms with Gasteiger partial charge in [-0.1, -0.05) is 121 Å². The molecule has 0 aliphatic heterocycles. The second-order valence-corrected chi connectivity index (χ2v) is 11.7.